The van der Waals surface area contributed by atoms with E-state index in [1.807, 2.05) is 0 Å². The summed E-state index contributed by atoms with van der Waals surface area (Å²) in [5, 5.41) is 11.5. The van der Waals surface area contributed by atoms with E-state index in [1.165, 1.54) is 6.07 Å². The molecule has 0 radical (unpaired) electrons. The Kier molecular flexibility index (Phi) is 3.37. The molecule has 0 unspecified atom stereocenters. The number of aromatic carboxylic acids is 1. The van der Waals surface area contributed by atoms with Crippen LogP contribution in [0.25, 0.3) is 0 Å². The fourth-order valence-electron chi connectivity index (χ4n) is 0.936. The first-order valence-electron chi connectivity index (χ1n) is 4.31. The van der Waals surface area contributed by atoms with Gasteiger partial charge < -0.3 is 14.8 Å². The molecule has 13 heavy (non-hydrogen) atoms. The van der Waals surface area contributed by atoms with Gasteiger partial charge in [-0.1, -0.05) is 13.3 Å². The molecular weight excluding hydrogens is 170 g/mol. The number of unbranched alkanes of at least 4 members (excludes halogenated alkanes) is 1. The molecule has 0 fully saturated rings. The molecule has 1 aromatic heterocycles. The second-order valence-corrected chi connectivity index (χ2v) is 2.75. The monoisotopic (exact) mass is 183 g/mol. The van der Waals surface area contributed by atoms with Crippen molar-refractivity contribution in [1.29, 1.82) is 0 Å². The molecule has 1 aromatic rings. The highest BCUT2D eigenvalue weighted by Gasteiger charge is 2.07. The fourth-order valence-corrected chi connectivity index (χ4v) is 0.936. The van der Waals surface area contributed by atoms with Gasteiger partial charge in [-0.05, 0) is 12.5 Å². The van der Waals surface area contributed by atoms with Crippen molar-refractivity contribution < 1.29 is 14.3 Å². The van der Waals surface area contributed by atoms with Crippen molar-refractivity contribution in [3.63, 3.8) is 0 Å². The van der Waals surface area contributed by atoms with Crippen molar-refractivity contribution in [2.75, 3.05) is 11.9 Å². The van der Waals surface area contributed by atoms with Crippen LogP contribution in [0.2, 0.25) is 0 Å². The maximum atomic E-state index is 10.4. The Morgan fingerprint density at radius 1 is 1.62 bits per heavy atom. The van der Waals surface area contributed by atoms with Gasteiger partial charge in [-0.25, -0.2) is 4.79 Å². The molecule has 0 amide bonds. The van der Waals surface area contributed by atoms with Crippen molar-refractivity contribution >= 4 is 11.9 Å². The van der Waals surface area contributed by atoms with Crippen molar-refractivity contribution in [2.45, 2.75) is 19.8 Å². The van der Waals surface area contributed by atoms with Gasteiger partial charge in [0.05, 0.1) is 0 Å². The van der Waals surface area contributed by atoms with Crippen molar-refractivity contribution in [2.24, 2.45) is 0 Å². The lowest BCUT2D eigenvalue weighted by Gasteiger charge is -1.99. The number of carbonyl (C=O) groups is 1. The van der Waals surface area contributed by atoms with Crippen LogP contribution in [0.5, 0.6) is 0 Å². The minimum absolute atomic E-state index is 0.0287. The van der Waals surface area contributed by atoms with Gasteiger partial charge in [0.1, 0.15) is 0 Å². The summed E-state index contributed by atoms with van der Waals surface area (Å²) >= 11 is 0. The molecule has 0 aliphatic heterocycles. The standard InChI is InChI=1S/C9H13NO3/c1-2-3-6-10-8-5-4-7(13-8)9(11)12/h4-5,10H,2-3,6H2,1H3,(H,11,12). The van der Waals surface area contributed by atoms with E-state index >= 15 is 0 Å². The quantitative estimate of drug-likeness (QED) is 0.687. The van der Waals surface area contributed by atoms with E-state index < -0.39 is 5.97 Å². The van der Waals surface area contributed by atoms with Crippen LogP contribution >= 0.6 is 0 Å². The molecule has 1 rings (SSSR count). The third-order valence-electron chi connectivity index (χ3n) is 1.65. The summed E-state index contributed by atoms with van der Waals surface area (Å²) in [6, 6.07) is 3.07. The zero-order valence-electron chi connectivity index (χ0n) is 7.54. The zero-order valence-corrected chi connectivity index (χ0v) is 7.54. The average Bonchev–Trinajstić information content (AvgIpc) is 2.53. The molecule has 0 saturated heterocycles. The van der Waals surface area contributed by atoms with Crippen LogP contribution in [0.3, 0.4) is 0 Å². The number of carboxylic acid groups (broad SMARTS) is 1. The van der Waals surface area contributed by atoms with Crippen LogP contribution in [-0.2, 0) is 0 Å². The molecule has 0 saturated carbocycles. The van der Waals surface area contributed by atoms with E-state index in [4.69, 9.17) is 9.52 Å². The van der Waals surface area contributed by atoms with Crippen molar-refractivity contribution in [3.05, 3.63) is 17.9 Å². The molecule has 4 nitrogen and oxygen atoms in total. The van der Waals surface area contributed by atoms with Gasteiger partial charge in [-0.3, -0.25) is 0 Å². The van der Waals surface area contributed by atoms with E-state index in [-0.39, 0.29) is 5.76 Å². The maximum Gasteiger partial charge on any atom is 0.371 e. The van der Waals surface area contributed by atoms with Crippen LogP contribution < -0.4 is 5.32 Å². The summed E-state index contributed by atoms with van der Waals surface area (Å²) in [7, 11) is 0. The predicted molar refractivity (Wildman–Crippen MR) is 49.1 cm³/mol. The van der Waals surface area contributed by atoms with Crippen molar-refractivity contribution in [3.8, 4) is 0 Å². The first-order chi connectivity index (χ1) is 6.24. The second-order valence-electron chi connectivity index (χ2n) is 2.75. The normalized spacial score (nSPS) is 9.92. The highest BCUT2D eigenvalue weighted by atomic mass is 16.4. The van der Waals surface area contributed by atoms with Crippen LogP contribution in [0.4, 0.5) is 5.88 Å². The number of hydrogen-bond acceptors (Lipinski definition) is 3. The molecule has 2 N–H and O–H groups in total. The largest absolute Gasteiger partial charge is 0.475 e. The van der Waals surface area contributed by atoms with Gasteiger partial charge in [0.25, 0.3) is 0 Å². The minimum Gasteiger partial charge on any atom is -0.475 e. The molecule has 4 heteroatoms. The molecule has 72 valence electrons. The average molecular weight is 183 g/mol. The van der Waals surface area contributed by atoms with Gasteiger partial charge in [-0.2, -0.15) is 0 Å². The van der Waals surface area contributed by atoms with Crippen LogP contribution in [-0.4, -0.2) is 17.6 Å². The lowest BCUT2D eigenvalue weighted by Crippen LogP contribution is -1.99. The predicted octanol–water partition coefficient (Wildman–Crippen LogP) is 2.19. The topological polar surface area (TPSA) is 62.5 Å². The summed E-state index contributed by atoms with van der Waals surface area (Å²) in [5.41, 5.74) is 0. The first kappa shape index (κ1) is 9.64. The number of anilines is 1. The van der Waals surface area contributed by atoms with Gasteiger partial charge >= 0.3 is 5.97 Å². The highest BCUT2D eigenvalue weighted by Crippen LogP contribution is 2.12. The van der Waals surface area contributed by atoms with Crippen molar-refractivity contribution in [1.82, 2.24) is 0 Å². The molecular formula is C9H13NO3. The molecule has 0 atom stereocenters. The fraction of sp³-hybridized carbons (Fsp3) is 0.444. The summed E-state index contributed by atoms with van der Waals surface area (Å²) in [6.07, 6.45) is 2.14. The third kappa shape index (κ3) is 2.82. The highest BCUT2D eigenvalue weighted by molar-refractivity contribution is 5.84. The molecule has 0 spiro atoms. The third-order valence-corrected chi connectivity index (χ3v) is 1.65. The van der Waals surface area contributed by atoms with Crippen LogP contribution in [0, 0.1) is 0 Å². The van der Waals surface area contributed by atoms with E-state index in [9.17, 15) is 4.79 Å². The lowest BCUT2D eigenvalue weighted by atomic mass is 10.3. The first-order valence-corrected chi connectivity index (χ1v) is 4.31. The second kappa shape index (κ2) is 4.54. The summed E-state index contributed by atoms with van der Waals surface area (Å²) in [6.45, 7) is 2.90. The van der Waals surface area contributed by atoms with Crippen LogP contribution in [0.15, 0.2) is 16.5 Å². The Morgan fingerprint density at radius 3 is 2.92 bits per heavy atom. The van der Waals surface area contributed by atoms with Gasteiger partial charge in [0.2, 0.25) is 5.76 Å². The Bertz CT molecular complexity index is 280. The Balaban J connectivity index is 2.44. The number of furan rings is 1. The summed E-state index contributed by atoms with van der Waals surface area (Å²) < 4.78 is 4.98. The summed E-state index contributed by atoms with van der Waals surface area (Å²) in [5.74, 6) is -0.548. The van der Waals surface area contributed by atoms with E-state index in [0.29, 0.717) is 5.88 Å². The number of rotatable bonds is 5. The van der Waals surface area contributed by atoms with E-state index in [1.54, 1.807) is 6.07 Å². The van der Waals surface area contributed by atoms with E-state index in [0.717, 1.165) is 19.4 Å². The Morgan fingerprint density at radius 2 is 2.38 bits per heavy atom. The lowest BCUT2D eigenvalue weighted by molar-refractivity contribution is 0.0663. The van der Waals surface area contributed by atoms with Gasteiger partial charge in [0, 0.05) is 12.6 Å². The van der Waals surface area contributed by atoms with E-state index in [2.05, 4.69) is 12.2 Å². The zero-order chi connectivity index (χ0) is 9.68. The SMILES string of the molecule is CCCCNc1ccc(C(=O)O)o1. The summed E-state index contributed by atoms with van der Waals surface area (Å²) in [4.78, 5) is 10.4. The molecule has 0 aliphatic rings. The smallest absolute Gasteiger partial charge is 0.371 e. The minimum atomic E-state index is -1.04. The van der Waals surface area contributed by atoms with Crippen LogP contribution in [0.1, 0.15) is 30.3 Å². The molecule has 0 aromatic carbocycles. The Hall–Kier alpha value is -1.45. The number of carboxylic acids is 1. The molecule has 1 heterocycles. The number of nitrogens with one attached hydrogen (secondary N) is 1. The maximum absolute atomic E-state index is 10.4. The van der Waals surface area contributed by atoms with Gasteiger partial charge in [0.15, 0.2) is 5.88 Å². The Labute approximate surface area is 76.6 Å². The molecule has 0 bridgehead atoms. The van der Waals surface area contributed by atoms with Gasteiger partial charge in [-0.15, -0.1) is 0 Å². The number of hydrogen-bond donors (Lipinski definition) is 2. The molecule has 0 aliphatic carbocycles.